The maximum absolute atomic E-state index is 10.8. The summed E-state index contributed by atoms with van der Waals surface area (Å²) in [6.07, 6.45) is -3.79. The summed E-state index contributed by atoms with van der Waals surface area (Å²) in [5, 5.41) is 18.0. The number of carbonyl (C=O) groups excluding carboxylic acids is 2. The largest absolute Gasteiger partial charge is 0.467 e. The van der Waals surface area contributed by atoms with Crippen LogP contribution < -0.4 is 0 Å². The van der Waals surface area contributed by atoms with E-state index in [0.29, 0.717) is 0 Å². The van der Waals surface area contributed by atoms with E-state index in [0.717, 1.165) is 7.11 Å². The van der Waals surface area contributed by atoms with Gasteiger partial charge in [0.05, 0.1) is 13.7 Å². The summed E-state index contributed by atoms with van der Waals surface area (Å²) in [5.41, 5.74) is 0. The predicted molar refractivity (Wildman–Crippen MR) is 40.7 cm³/mol. The van der Waals surface area contributed by atoms with E-state index in [1.54, 1.807) is 0 Å². The zero-order chi connectivity index (χ0) is 10.4. The van der Waals surface area contributed by atoms with Gasteiger partial charge in [-0.25, -0.2) is 9.59 Å². The Hall–Kier alpha value is -1.14. The molecule has 2 N–H and O–H groups in total. The molecule has 0 aromatic heterocycles. The van der Waals surface area contributed by atoms with Crippen molar-refractivity contribution < 1.29 is 29.3 Å². The summed E-state index contributed by atoms with van der Waals surface area (Å²) in [6.45, 7) is 1.60. The number of hydrogen-bond donors (Lipinski definition) is 2. The Kier molecular flexibility index (Phi) is 5.01. The summed E-state index contributed by atoms with van der Waals surface area (Å²) in [5.74, 6) is -2.14. The summed E-state index contributed by atoms with van der Waals surface area (Å²) >= 11 is 0. The minimum Gasteiger partial charge on any atom is -0.467 e. The first kappa shape index (κ1) is 11.9. The van der Waals surface area contributed by atoms with E-state index in [2.05, 4.69) is 9.47 Å². The highest BCUT2D eigenvalue weighted by molar-refractivity contribution is 5.85. The van der Waals surface area contributed by atoms with E-state index in [1.807, 2.05) is 0 Å². The average molecular weight is 192 g/mol. The number of aliphatic hydroxyl groups excluding tert-OH is 2. The molecule has 0 rings (SSSR count). The molecule has 13 heavy (non-hydrogen) atoms. The number of ether oxygens (including phenoxy) is 2. The van der Waals surface area contributed by atoms with Crippen molar-refractivity contribution in [2.75, 3.05) is 13.7 Å². The average Bonchev–Trinajstić information content (AvgIpc) is 2.14. The highest BCUT2D eigenvalue weighted by Gasteiger charge is 2.31. The van der Waals surface area contributed by atoms with E-state index in [-0.39, 0.29) is 6.61 Å². The molecule has 0 aromatic rings. The van der Waals surface area contributed by atoms with Crippen molar-refractivity contribution in [2.45, 2.75) is 19.1 Å². The van der Waals surface area contributed by atoms with Crippen molar-refractivity contribution >= 4 is 11.9 Å². The van der Waals surface area contributed by atoms with Crippen molar-refractivity contribution in [3.05, 3.63) is 0 Å². The summed E-state index contributed by atoms with van der Waals surface area (Å²) < 4.78 is 8.47. The predicted octanol–water partition coefficient (Wildman–Crippen LogP) is -1.56. The van der Waals surface area contributed by atoms with Crippen LogP contribution in [-0.2, 0) is 19.1 Å². The number of rotatable bonds is 4. The minimum atomic E-state index is -1.90. The Labute approximate surface area is 75.1 Å². The van der Waals surface area contributed by atoms with Gasteiger partial charge in [0.1, 0.15) is 0 Å². The second kappa shape index (κ2) is 5.50. The Morgan fingerprint density at radius 3 is 2.08 bits per heavy atom. The standard InChI is InChI=1S/C7H12O6/c1-3-13-7(11)5(9)4(8)6(10)12-2/h4-5,8-9H,3H2,1-2H3. The lowest BCUT2D eigenvalue weighted by atomic mass is 10.2. The molecular weight excluding hydrogens is 180 g/mol. The van der Waals surface area contributed by atoms with Gasteiger partial charge in [0, 0.05) is 0 Å². The molecule has 0 aliphatic heterocycles. The number of carbonyl (C=O) groups is 2. The van der Waals surface area contributed by atoms with Gasteiger partial charge in [-0.2, -0.15) is 0 Å². The fourth-order valence-corrected chi connectivity index (χ4v) is 0.606. The Bertz CT molecular complexity index is 189. The van der Waals surface area contributed by atoms with Gasteiger partial charge in [0.2, 0.25) is 0 Å². The van der Waals surface area contributed by atoms with Crippen LogP contribution in [0.1, 0.15) is 6.92 Å². The molecule has 2 atom stereocenters. The van der Waals surface area contributed by atoms with Crippen molar-refractivity contribution in [3.8, 4) is 0 Å². The molecule has 0 amide bonds. The number of hydrogen-bond acceptors (Lipinski definition) is 6. The molecule has 0 aromatic carbocycles. The molecule has 0 aliphatic rings. The van der Waals surface area contributed by atoms with Crippen molar-refractivity contribution in [1.29, 1.82) is 0 Å². The van der Waals surface area contributed by atoms with E-state index >= 15 is 0 Å². The van der Waals surface area contributed by atoms with Gasteiger partial charge in [-0.1, -0.05) is 0 Å². The van der Waals surface area contributed by atoms with E-state index < -0.39 is 24.1 Å². The van der Waals surface area contributed by atoms with Crippen LogP contribution in [0.3, 0.4) is 0 Å². The molecule has 0 saturated carbocycles. The number of esters is 2. The second-order valence-electron chi connectivity index (χ2n) is 2.16. The Morgan fingerprint density at radius 2 is 1.69 bits per heavy atom. The number of methoxy groups -OCH3 is 1. The topological polar surface area (TPSA) is 93.1 Å². The molecule has 0 saturated heterocycles. The molecule has 6 heteroatoms. The Morgan fingerprint density at radius 1 is 1.23 bits per heavy atom. The lowest BCUT2D eigenvalue weighted by Gasteiger charge is -2.13. The zero-order valence-corrected chi connectivity index (χ0v) is 7.39. The molecule has 2 unspecified atom stereocenters. The third kappa shape index (κ3) is 3.39. The van der Waals surface area contributed by atoms with Crippen LogP contribution in [0.25, 0.3) is 0 Å². The number of aliphatic hydroxyl groups is 2. The zero-order valence-electron chi connectivity index (χ0n) is 7.39. The maximum atomic E-state index is 10.8. The van der Waals surface area contributed by atoms with Gasteiger partial charge in [-0.05, 0) is 6.92 Å². The van der Waals surface area contributed by atoms with Crippen LogP contribution >= 0.6 is 0 Å². The molecule has 76 valence electrons. The van der Waals surface area contributed by atoms with E-state index in [4.69, 9.17) is 10.2 Å². The molecule has 0 fully saturated rings. The SMILES string of the molecule is CCOC(=O)C(O)C(O)C(=O)OC. The molecule has 0 aliphatic carbocycles. The minimum absolute atomic E-state index is 0.0593. The molecule has 0 radical (unpaired) electrons. The fraction of sp³-hybridized carbons (Fsp3) is 0.714. The van der Waals surface area contributed by atoms with Crippen LogP contribution in [0, 0.1) is 0 Å². The highest BCUT2D eigenvalue weighted by atomic mass is 16.6. The van der Waals surface area contributed by atoms with Gasteiger partial charge in [0.15, 0.2) is 12.2 Å². The third-order valence-corrected chi connectivity index (χ3v) is 1.27. The molecule has 0 spiro atoms. The normalized spacial score (nSPS) is 14.5. The van der Waals surface area contributed by atoms with Gasteiger partial charge in [-0.15, -0.1) is 0 Å². The van der Waals surface area contributed by atoms with Crippen molar-refractivity contribution in [2.24, 2.45) is 0 Å². The van der Waals surface area contributed by atoms with Gasteiger partial charge >= 0.3 is 11.9 Å². The summed E-state index contributed by atoms with van der Waals surface area (Å²) in [4.78, 5) is 21.4. The monoisotopic (exact) mass is 192 g/mol. The van der Waals surface area contributed by atoms with Crippen LogP contribution in [0.15, 0.2) is 0 Å². The molecular formula is C7H12O6. The first-order valence-electron chi connectivity index (χ1n) is 3.65. The van der Waals surface area contributed by atoms with Gasteiger partial charge < -0.3 is 19.7 Å². The first-order chi connectivity index (χ1) is 6.04. The maximum Gasteiger partial charge on any atom is 0.338 e. The van der Waals surface area contributed by atoms with Crippen LogP contribution in [-0.4, -0.2) is 48.1 Å². The van der Waals surface area contributed by atoms with Crippen molar-refractivity contribution in [3.63, 3.8) is 0 Å². The second-order valence-corrected chi connectivity index (χ2v) is 2.16. The van der Waals surface area contributed by atoms with E-state index in [9.17, 15) is 9.59 Å². The summed E-state index contributed by atoms with van der Waals surface area (Å²) in [7, 11) is 1.03. The first-order valence-corrected chi connectivity index (χ1v) is 3.65. The van der Waals surface area contributed by atoms with Crippen LogP contribution in [0.4, 0.5) is 0 Å². The van der Waals surface area contributed by atoms with Crippen LogP contribution in [0.5, 0.6) is 0 Å². The van der Waals surface area contributed by atoms with E-state index in [1.165, 1.54) is 6.92 Å². The fourth-order valence-electron chi connectivity index (χ4n) is 0.606. The Balaban J connectivity index is 4.16. The van der Waals surface area contributed by atoms with Gasteiger partial charge in [-0.3, -0.25) is 0 Å². The van der Waals surface area contributed by atoms with Crippen LogP contribution in [0.2, 0.25) is 0 Å². The quantitative estimate of drug-likeness (QED) is 0.523. The molecule has 6 nitrogen and oxygen atoms in total. The summed E-state index contributed by atoms with van der Waals surface area (Å²) in [6, 6.07) is 0. The highest BCUT2D eigenvalue weighted by Crippen LogP contribution is 1.98. The smallest absolute Gasteiger partial charge is 0.338 e. The third-order valence-electron chi connectivity index (χ3n) is 1.27. The van der Waals surface area contributed by atoms with Crippen molar-refractivity contribution in [1.82, 2.24) is 0 Å². The lowest BCUT2D eigenvalue weighted by molar-refractivity contribution is -0.171. The van der Waals surface area contributed by atoms with Gasteiger partial charge in [0.25, 0.3) is 0 Å². The molecule has 0 heterocycles. The lowest BCUT2D eigenvalue weighted by Crippen LogP contribution is -2.41. The molecule has 0 bridgehead atoms.